The molecule has 0 fully saturated rings. The SMILES string of the molecule is O=C1c2cc3cc(I)sc3cc2C(=O)c2cc3cc(I)sc3cc21. The zero-order valence-corrected chi connectivity index (χ0v) is 17.8. The maximum atomic E-state index is 13.0. The second-order valence-electron chi connectivity index (χ2n) is 5.63. The fourth-order valence-corrected chi connectivity index (χ4v) is 6.86. The number of rotatable bonds is 0. The van der Waals surface area contributed by atoms with Gasteiger partial charge in [0.15, 0.2) is 11.6 Å². The lowest BCUT2D eigenvalue weighted by Crippen LogP contribution is -2.20. The molecule has 1 aliphatic carbocycles. The number of thiophene rings is 2. The third-order valence-corrected chi connectivity index (χ3v) is 7.95. The first-order valence-electron chi connectivity index (χ1n) is 7.07. The first kappa shape index (κ1) is 15.4. The molecule has 0 saturated carbocycles. The number of hydrogen-bond donors (Lipinski definition) is 0. The Morgan fingerprint density at radius 1 is 0.583 bits per heavy atom. The summed E-state index contributed by atoms with van der Waals surface area (Å²) in [4.78, 5) is 26.0. The summed E-state index contributed by atoms with van der Waals surface area (Å²) in [5.74, 6) is -0.0963. The van der Waals surface area contributed by atoms with E-state index < -0.39 is 0 Å². The maximum absolute atomic E-state index is 13.0. The number of hydrogen-bond acceptors (Lipinski definition) is 4. The smallest absolute Gasteiger partial charge is 0.194 e. The van der Waals surface area contributed by atoms with E-state index in [4.69, 9.17) is 0 Å². The van der Waals surface area contributed by atoms with Crippen LogP contribution in [-0.2, 0) is 0 Å². The molecule has 24 heavy (non-hydrogen) atoms. The Hall–Kier alpha value is -0.840. The number of halogens is 2. The molecule has 0 amide bonds. The van der Waals surface area contributed by atoms with Crippen molar-refractivity contribution < 1.29 is 9.59 Å². The largest absolute Gasteiger partial charge is 0.289 e. The van der Waals surface area contributed by atoms with Crippen molar-refractivity contribution in [2.75, 3.05) is 0 Å². The van der Waals surface area contributed by atoms with Gasteiger partial charge in [0.25, 0.3) is 0 Å². The molecule has 0 aliphatic heterocycles. The standard InChI is InChI=1S/C18H6I2O2S2/c19-15-3-7-1-9-11(5-13(7)23-15)18(22)10-2-8-4-16(20)24-14(8)6-12(10)17(9)21/h1-6H. The fraction of sp³-hybridized carbons (Fsp3) is 0. The van der Waals surface area contributed by atoms with Crippen LogP contribution >= 0.6 is 67.9 Å². The van der Waals surface area contributed by atoms with E-state index in [-0.39, 0.29) is 11.6 Å². The van der Waals surface area contributed by atoms with Crippen LogP contribution in [0.4, 0.5) is 0 Å². The average Bonchev–Trinajstić information content (AvgIpc) is 3.09. The first-order valence-corrected chi connectivity index (χ1v) is 10.9. The van der Waals surface area contributed by atoms with E-state index in [0.717, 1.165) is 25.9 Å². The van der Waals surface area contributed by atoms with Gasteiger partial charge in [0.05, 0.1) is 5.77 Å². The van der Waals surface area contributed by atoms with Gasteiger partial charge in [-0.25, -0.2) is 0 Å². The highest BCUT2D eigenvalue weighted by molar-refractivity contribution is 14.1. The molecule has 6 heteroatoms. The number of carbonyl (C=O) groups is 2. The average molecular weight is 572 g/mol. The molecular formula is C18H6I2O2S2. The predicted octanol–water partition coefficient (Wildman–Crippen LogP) is 6.10. The summed E-state index contributed by atoms with van der Waals surface area (Å²) in [7, 11) is 0. The molecule has 0 bridgehead atoms. The van der Waals surface area contributed by atoms with Crippen LogP contribution < -0.4 is 0 Å². The lowest BCUT2D eigenvalue weighted by molar-refractivity contribution is 0.0979. The molecule has 2 heterocycles. The van der Waals surface area contributed by atoms with E-state index in [1.165, 1.54) is 0 Å². The molecule has 0 spiro atoms. The van der Waals surface area contributed by atoms with Crippen molar-refractivity contribution in [3.63, 3.8) is 0 Å². The Balaban J connectivity index is 1.83. The minimum absolute atomic E-state index is 0.0481. The summed E-state index contributed by atoms with van der Waals surface area (Å²) in [6.07, 6.45) is 0. The summed E-state index contributed by atoms with van der Waals surface area (Å²) < 4.78 is 4.40. The van der Waals surface area contributed by atoms with Crippen molar-refractivity contribution in [1.82, 2.24) is 0 Å². The van der Waals surface area contributed by atoms with Gasteiger partial charge in [0.2, 0.25) is 0 Å². The van der Waals surface area contributed by atoms with E-state index in [0.29, 0.717) is 22.3 Å². The minimum atomic E-state index is -0.0481. The van der Waals surface area contributed by atoms with Crippen molar-refractivity contribution >= 4 is 99.6 Å². The van der Waals surface area contributed by atoms with Crippen LogP contribution in [0.2, 0.25) is 0 Å². The van der Waals surface area contributed by atoms with Crippen LogP contribution in [0.25, 0.3) is 20.2 Å². The van der Waals surface area contributed by atoms with Gasteiger partial charge in [0.1, 0.15) is 0 Å². The highest BCUT2D eigenvalue weighted by atomic mass is 127. The van der Waals surface area contributed by atoms with Gasteiger partial charge in [-0.1, -0.05) is 0 Å². The number of carbonyl (C=O) groups excluding carboxylic acids is 2. The maximum Gasteiger partial charge on any atom is 0.194 e. The van der Waals surface area contributed by atoms with Crippen LogP contribution in [0.3, 0.4) is 0 Å². The van der Waals surface area contributed by atoms with Gasteiger partial charge < -0.3 is 0 Å². The Labute approximate surface area is 172 Å². The van der Waals surface area contributed by atoms with E-state index in [1.807, 2.05) is 24.3 Å². The van der Waals surface area contributed by atoms with Gasteiger partial charge in [-0.3, -0.25) is 9.59 Å². The lowest BCUT2D eigenvalue weighted by Gasteiger charge is -2.17. The fourth-order valence-electron chi connectivity index (χ4n) is 3.15. The van der Waals surface area contributed by atoms with Crippen molar-refractivity contribution in [2.45, 2.75) is 0 Å². The van der Waals surface area contributed by atoms with E-state index in [9.17, 15) is 9.59 Å². The van der Waals surface area contributed by atoms with Crippen LogP contribution in [0.15, 0.2) is 36.4 Å². The topological polar surface area (TPSA) is 34.1 Å². The van der Waals surface area contributed by atoms with Gasteiger partial charge in [-0.05, 0) is 92.4 Å². The molecule has 2 nitrogen and oxygen atoms in total. The van der Waals surface area contributed by atoms with Crippen molar-refractivity contribution in [3.8, 4) is 0 Å². The highest BCUT2D eigenvalue weighted by Gasteiger charge is 2.31. The van der Waals surface area contributed by atoms with Crippen LogP contribution in [0.1, 0.15) is 31.8 Å². The summed E-state index contributed by atoms with van der Waals surface area (Å²) in [5.41, 5.74) is 2.12. The second kappa shape index (κ2) is 5.33. The molecule has 0 atom stereocenters. The number of ketones is 2. The molecule has 5 rings (SSSR count). The molecule has 0 unspecified atom stereocenters. The molecule has 0 saturated heterocycles. The quantitative estimate of drug-likeness (QED) is 0.210. The molecule has 0 radical (unpaired) electrons. The van der Waals surface area contributed by atoms with E-state index in [2.05, 4.69) is 57.3 Å². The molecule has 4 aromatic rings. The van der Waals surface area contributed by atoms with E-state index in [1.54, 1.807) is 22.7 Å². The summed E-state index contributed by atoms with van der Waals surface area (Å²) in [6, 6.07) is 11.6. The van der Waals surface area contributed by atoms with Gasteiger partial charge in [0, 0.05) is 31.7 Å². The zero-order valence-electron chi connectivity index (χ0n) is 11.9. The van der Waals surface area contributed by atoms with Crippen LogP contribution in [-0.4, -0.2) is 11.6 Å². The van der Waals surface area contributed by atoms with Crippen molar-refractivity contribution in [2.24, 2.45) is 0 Å². The van der Waals surface area contributed by atoms with Crippen molar-refractivity contribution in [3.05, 3.63) is 64.4 Å². The highest BCUT2D eigenvalue weighted by Crippen LogP contribution is 2.37. The summed E-state index contributed by atoms with van der Waals surface area (Å²) in [6.45, 7) is 0. The zero-order chi connectivity index (χ0) is 16.6. The van der Waals surface area contributed by atoms with E-state index >= 15 is 0 Å². The first-order chi connectivity index (χ1) is 11.5. The predicted molar refractivity (Wildman–Crippen MR) is 116 cm³/mol. The third-order valence-electron chi connectivity index (χ3n) is 4.23. The van der Waals surface area contributed by atoms with Crippen molar-refractivity contribution in [1.29, 1.82) is 0 Å². The second-order valence-corrected chi connectivity index (χ2v) is 11.6. The summed E-state index contributed by atoms with van der Waals surface area (Å²) >= 11 is 7.82. The van der Waals surface area contributed by atoms with Gasteiger partial charge in [-0.15, -0.1) is 22.7 Å². The van der Waals surface area contributed by atoms with Gasteiger partial charge >= 0.3 is 0 Å². The molecular weight excluding hydrogens is 566 g/mol. The molecule has 116 valence electrons. The Kier molecular flexibility index (Phi) is 3.42. The summed E-state index contributed by atoms with van der Waals surface area (Å²) in [5, 5.41) is 2.05. The molecule has 2 aromatic heterocycles. The van der Waals surface area contributed by atoms with Gasteiger partial charge in [-0.2, -0.15) is 0 Å². The Morgan fingerprint density at radius 3 is 1.38 bits per heavy atom. The molecule has 2 aromatic carbocycles. The normalized spacial score (nSPS) is 13.6. The van der Waals surface area contributed by atoms with Crippen LogP contribution in [0, 0.1) is 5.77 Å². The minimum Gasteiger partial charge on any atom is -0.289 e. The molecule has 1 aliphatic rings. The monoisotopic (exact) mass is 572 g/mol. The number of fused-ring (bicyclic) bond motifs is 4. The van der Waals surface area contributed by atoms with Crippen LogP contribution in [0.5, 0.6) is 0 Å². The molecule has 0 N–H and O–H groups in total. The Morgan fingerprint density at radius 2 is 0.958 bits per heavy atom. The number of benzene rings is 2. The third kappa shape index (κ3) is 2.16. The Bertz CT molecular complexity index is 1030. The lowest BCUT2D eigenvalue weighted by atomic mass is 9.83.